The van der Waals surface area contributed by atoms with Crippen molar-refractivity contribution in [2.24, 2.45) is 11.5 Å². The molecule has 0 spiro atoms. The highest BCUT2D eigenvalue weighted by Gasteiger charge is 2.31. The average molecular weight is 362 g/mol. The fourth-order valence-electron chi connectivity index (χ4n) is 1.94. The number of carboxylic acids is 2. The minimum atomic E-state index is -1.64. The summed E-state index contributed by atoms with van der Waals surface area (Å²) in [6, 6.07) is -4.12. The molecule has 4 unspecified atom stereocenters. The maximum absolute atomic E-state index is 12.1. The van der Waals surface area contributed by atoms with Crippen molar-refractivity contribution >= 4 is 23.8 Å². The van der Waals surface area contributed by atoms with Crippen LogP contribution in [0.3, 0.4) is 0 Å². The van der Waals surface area contributed by atoms with Crippen LogP contribution in [0.15, 0.2) is 0 Å². The molecule has 25 heavy (non-hydrogen) atoms. The van der Waals surface area contributed by atoms with Crippen LogP contribution in [0.4, 0.5) is 0 Å². The molecular formula is C14H26N4O7. The number of aliphatic hydroxyl groups excluding tert-OH is 1. The van der Waals surface area contributed by atoms with E-state index >= 15 is 0 Å². The fourth-order valence-corrected chi connectivity index (χ4v) is 1.94. The van der Waals surface area contributed by atoms with Gasteiger partial charge in [0.25, 0.3) is 0 Å². The van der Waals surface area contributed by atoms with Crippen molar-refractivity contribution in [2.45, 2.75) is 56.8 Å². The van der Waals surface area contributed by atoms with E-state index in [-0.39, 0.29) is 0 Å². The Morgan fingerprint density at radius 1 is 1.04 bits per heavy atom. The Hall–Kier alpha value is -2.24. The summed E-state index contributed by atoms with van der Waals surface area (Å²) < 4.78 is 0. The molecule has 0 fully saturated rings. The third kappa shape index (κ3) is 8.98. The Bertz CT molecular complexity index is 484. The lowest BCUT2D eigenvalue weighted by Crippen LogP contribution is -2.57. The van der Waals surface area contributed by atoms with Gasteiger partial charge in [0.2, 0.25) is 11.8 Å². The second-order valence-electron chi connectivity index (χ2n) is 5.62. The first-order chi connectivity index (χ1) is 11.6. The summed E-state index contributed by atoms with van der Waals surface area (Å²) >= 11 is 0. The van der Waals surface area contributed by atoms with Crippen molar-refractivity contribution in [3.05, 3.63) is 0 Å². The van der Waals surface area contributed by atoms with E-state index in [1.54, 1.807) is 0 Å². The van der Waals surface area contributed by atoms with Crippen LogP contribution in [-0.2, 0) is 19.2 Å². The van der Waals surface area contributed by atoms with Crippen LogP contribution in [0.5, 0.6) is 0 Å². The number of nitrogens with one attached hydrogen (secondary N) is 2. The van der Waals surface area contributed by atoms with Gasteiger partial charge in [-0.25, -0.2) is 4.79 Å². The summed E-state index contributed by atoms with van der Waals surface area (Å²) in [7, 11) is 0. The third-order valence-electron chi connectivity index (χ3n) is 3.36. The molecule has 2 amide bonds. The Labute approximate surface area is 144 Å². The summed E-state index contributed by atoms with van der Waals surface area (Å²) in [6.45, 7) is 1.59. The highest BCUT2D eigenvalue weighted by atomic mass is 16.4. The number of rotatable bonds is 12. The summed E-state index contributed by atoms with van der Waals surface area (Å²) in [5, 5.41) is 31.4. The van der Waals surface area contributed by atoms with Crippen LogP contribution >= 0.6 is 0 Å². The fraction of sp³-hybridized carbons (Fsp3) is 0.714. The molecule has 0 aliphatic carbocycles. The minimum absolute atomic E-state index is 0.301. The van der Waals surface area contributed by atoms with Crippen LogP contribution in [-0.4, -0.2) is 69.8 Å². The number of aliphatic hydroxyl groups is 1. The molecule has 0 heterocycles. The Kier molecular flexibility index (Phi) is 10.3. The van der Waals surface area contributed by atoms with E-state index in [4.69, 9.17) is 21.7 Å². The maximum atomic E-state index is 12.1. The predicted molar refractivity (Wildman–Crippen MR) is 86.3 cm³/mol. The predicted octanol–water partition coefficient (Wildman–Crippen LogP) is -2.65. The molecule has 0 aliphatic rings. The number of hydrogen-bond acceptors (Lipinski definition) is 7. The molecule has 0 aromatic carbocycles. The first kappa shape index (κ1) is 22.8. The van der Waals surface area contributed by atoms with Gasteiger partial charge in [0.15, 0.2) is 6.04 Å². The van der Waals surface area contributed by atoms with E-state index in [1.165, 1.54) is 0 Å². The van der Waals surface area contributed by atoms with Crippen LogP contribution in [0.1, 0.15) is 32.6 Å². The molecule has 0 radical (unpaired) electrons. The van der Waals surface area contributed by atoms with Gasteiger partial charge in [-0.15, -0.1) is 0 Å². The molecule has 0 aromatic rings. The van der Waals surface area contributed by atoms with Crippen molar-refractivity contribution in [3.8, 4) is 0 Å². The largest absolute Gasteiger partial charge is 0.481 e. The van der Waals surface area contributed by atoms with E-state index in [9.17, 15) is 24.3 Å². The number of amides is 2. The number of aliphatic carboxylic acids is 2. The molecule has 9 N–H and O–H groups in total. The second kappa shape index (κ2) is 11.3. The van der Waals surface area contributed by atoms with Crippen LogP contribution in [0.25, 0.3) is 0 Å². The first-order valence-corrected chi connectivity index (χ1v) is 7.79. The summed E-state index contributed by atoms with van der Waals surface area (Å²) in [5.41, 5.74) is 11.0. The quantitative estimate of drug-likeness (QED) is 0.181. The standard InChI is InChI=1S/C14H26N4O7/c1-7(19)11(14(24)25)18-13(23)9(6-10(20)21)17-12(22)8(16)4-2-3-5-15/h7-9,11,19H,2-6,15-16H2,1H3,(H,17,22)(H,18,23)(H,20,21)(H,24,25). The summed E-state index contributed by atoms with van der Waals surface area (Å²) in [6.07, 6.45) is -0.630. The Morgan fingerprint density at radius 3 is 2.08 bits per heavy atom. The molecule has 0 saturated heterocycles. The average Bonchev–Trinajstić information content (AvgIpc) is 2.50. The highest BCUT2D eigenvalue weighted by Crippen LogP contribution is 2.02. The first-order valence-electron chi connectivity index (χ1n) is 7.79. The van der Waals surface area contributed by atoms with Crippen molar-refractivity contribution in [3.63, 3.8) is 0 Å². The van der Waals surface area contributed by atoms with Gasteiger partial charge >= 0.3 is 11.9 Å². The van der Waals surface area contributed by atoms with Gasteiger partial charge in [0.05, 0.1) is 18.6 Å². The third-order valence-corrected chi connectivity index (χ3v) is 3.36. The van der Waals surface area contributed by atoms with E-state index < -0.39 is 54.4 Å². The van der Waals surface area contributed by atoms with Crippen LogP contribution in [0, 0.1) is 0 Å². The lowest BCUT2D eigenvalue weighted by Gasteiger charge is -2.23. The molecule has 144 valence electrons. The topological polar surface area (TPSA) is 205 Å². The molecule has 0 aromatic heterocycles. The lowest BCUT2D eigenvalue weighted by molar-refractivity contribution is -0.145. The SMILES string of the molecule is CC(O)C(NC(=O)C(CC(=O)O)NC(=O)C(N)CCCCN)C(=O)O. The van der Waals surface area contributed by atoms with Crippen molar-refractivity contribution in [1.29, 1.82) is 0 Å². The highest BCUT2D eigenvalue weighted by molar-refractivity contribution is 5.94. The molecule has 0 aliphatic heterocycles. The molecule has 0 saturated carbocycles. The number of hydrogen-bond donors (Lipinski definition) is 7. The number of unbranched alkanes of at least 4 members (excludes halogenated alkanes) is 1. The van der Waals surface area contributed by atoms with Gasteiger partial charge in [0.1, 0.15) is 6.04 Å². The van der Waals surface area contributed by atoms with Gasteiger partial charge in [-0.05, 0) is 26.3 Å². The van der Waals surface area contributed by atoms with Crippen molar-refractivity contribution < 1.29 is 34.5 Å². The maximum Gasteiger partial charge on any atom is 0.328 e. The summed E-state index contributed by atoms with van der Waals surface area (Å²) in [5.74, 6) is -4.65. The van der Waals surface area contributed by atoms with Gasteiger partial charge in [-0.3, -0.25) is 14.4 Å². The summed E-state index contributed by atoms with van der Waals surface area (Å²) in [4.78, 5) is 46.0. The Balaban J connectivity index is 4.93. The van der Waals surface area contributed by atoms with E-state index in [0.717, 1.165) is 6.92 Å². The molecule has 11 heteroatoms. The van der Waals surface area contributed by atoms with Gasteiger partial charge < -0.3 is 37.4 Å². The van der Waals surface area contributed by atoms with Crippen molar-refractivity contribution in [2.75, 3.05) is 6.54 Å². The molecule has 4 atom stereocenters. The lowest BCUT2D eigenvalue weighted by atomic mass is 10.1. The number of carbonyl (C=O) groups is 4. The zero-order valence-electron chi connectivity index (χ0n) is 14.0. The Morgan fingerprint density at radius 2 is 1.64 bits per heavy atom. The van der Waals surface area contributed by atoms with E-state index in [2.05, 4.69) is 5.32 Å². The number of carboxylic acid groups (broad SMARTS) is 2. The number of carbonyl (C=O) groups excluding carboxylic acids is 2. The second-order valence-corrected chi connectivity index (χ2v) is 5.62. The van der Waals surface area contributed by atoms with Gasteiger partial charge in [-0.2, -0.15) is 0 Å². The molecule has 0 bridgehead atoms. The zero-order valence-corrected chi connectivity index (χ0v) is 14.0. The van der Waals surface area contributed by atoms with Crippen LogP contribution < -0.4 is 22.1 Å². The molecule has 11 nitrogen and oxygen atoms in total. The van der Waals surface area contributed by atoms with Crippen molar-refractivity contribution in [1.82, 2.24) is 10.6 Å². The zero-order chi connectivity index (χ0) is 19.6. The van der Waals surface area contributed by atoms with Gasteiger partial charge in [0, 0.05) is 0 Å². The number of nitrogens with two attached hydrogens (primary N) is 2. The monoisotopic (exact) mass is 362 g/mol. The molecule has 0 rings (SSSR count). The van der Waals surface area contributed by atoms with Gasteiger partial charge in [-0.1, -0.05) is 6.42 Å². The minimum Gasteiger partial charge on any atom is -0.481 e. The normalized spacial score (nSPS) is 15.5. The smallest absolute Gasteiger partial charge is 0.328 e. The van der Waals surface area contributed by atoms with E-state index in [0.29, 0.717) is 25.8 Å². The van der Waals surface area contributed by atoms with E-state index in [1.807, 2.05) is 5.32 Å². The molecular weight excluding hydrogens is 336 g/mol. The van der Waals surface area contributed by atoms with Crippen LogP contribution in [0.2, 0.25) is 0 Å².